The SMILES string of the molecule is O=C1NC(=Nc2ccccc2)S/C1=C/c1ccc(OCc2ccccc2Cl)cc1. The van der Waals surface area contributed by atoms with Crippen LogP contribution in [0.1, 0.15) is 11.1 Å². The molecule has 1 amide bonds. The molecular formula is C23H17ClN2O2S. The second-order valence-electron chi connectivity index (χ2n) is 6.27. The fourth-order valence-corrected chi connectivity index (χ4v) is 3.72. The largest absolute Gasteiger partial charge is 0.489 e. The second kappa shape index (κ2) is 8.99. The van der Waals surface area contributed by atoms with Crippen molar-refractivity contribution in [3.63, 3.8) is 0 Å². The molecule has 0 spiro atoms. The molecule has 0 radical (unpaired) electrons. The van der Waals surface area contributed by atoms with E-state index in [1.54, 1.807) is 0 Å². The van der Waals surface area contributed by atoms with Gasteiger partial charge in [0.2, 0.25) is 0 Å². The predicted octanol–water partition coefficient (Wildman–Crippen LogP) is 5.81. The van der Waals surface area contributed by atoms with Crippen LogP contribution in [-0.4, -0.2) is 11.1 Å². The molecule has 6 heteroatoms. The van der Waals surface area contributed by atoms with E-state index in [-0.39, 0.29) is 5.91 Å². The number of nitrogens with zero attached hydrogens (tertiary/aromatic N) is 1. The lowest BCUT2D eigenvalue weighted by Gasteiger charge is -2.08. The molecule has 1 aliphatic heterocycles. The van der Waals surface area contributed by atoms with Gasteiger partial charge in [-0.3, -0.25) is 4.79 Å². The van der Waals surface area contributed by atoms with Crippen molar-refractivity contribution in [2.45, 2.75) is 6.61 Å². The number of nitrogens with one attached hydrogen (secondary N) is 1. The van der Waals surface area contributed by atoms with E-state index in [1.165, 1.54) is 11.8 Å². The second-order valence-corrected chi connectivity index (χ2v) is 7.70. The number of benzene rings is 3. The molecule has 3 aromatic carbocycles. The van der Waals surface area contributed by atoms with Crippen LogP contribution in [0.2, 0.25) is 5.02 Å². The Morgan fingerprint density at radius 2 is 1.69 bits per heavy atom. The van der Waals surface area contributed by atoms with E-state index in [2.05, 4.69) is 10.3 Å². The summed E-state index contributed by atoms with van der Waals surface area (Å²) in [4.78, 5) is 17.3. The molecule has 0 aromatic heterocycles. The molecule has 1 heterocycles. The van der Waals surface area contributed by atoms with Crippen molar-refractivity contribution >= 4 is 46.2 Å². The number of ether oxygens (including phenoxy) is 1. The number of carbonyl (C=O) groups excluding carboxylic acids is 1. The molecule has 29 heavy (non-hydrogen) atoms. The third kappa shape index (κ3) is 5.08. The first-order valence-electron chi connectivity index (χ1n) is 8.98. The van der Waals surface area contributed by atoms with Gasteiger partial charge in [-0.15, -0.1) is 0 Å². The van der Waals surface area contributed by atoms with Crippen molar-refractivity contribution in [3.8, 4) is 5.75 Å². The van der Waals surface area contributed by atoms with Crippen molar-refractivity contribution in [3.05, 3.63) is 99.9 Å². The maximum atomic E-state index is 12.2. The summed E-state index contributed by atoms with van der Waals surface area (Å²) < 4.78 is 5.79. The molecule has 0 atom stereocenters. The van der Waals surface area contributed by atoms with Gasteiger partial charge in [-0.1, -0.05) is 60.1 Å². The number of hydrogen-bond acceptors (Lipinski definition) is 4. The first kappa shape index (κ1) is 19.3. The lowest BCUT2D eigenvalue weighted by atomic mass is 10.2. The number of carbonyl (C=O) groups is 1. The van der Waals surface area contributed by atoms with Gasteiger partial charge in [0, 0.05) is 10.6 Å². The highest BCUT2D eigenvalue weighted by Gasteiger charge is 2.23. The summed E-state index contributed by atoms with van der Waals surface area (Å²) in [5, 5.41) is 4.06. The van der Waals surface area contributed by atoms with Crippen LogP contribution in [0.25, 0.3) is 6.08 Å². The van der Waals surface area contributed by atoms with Gasteiger partial charge in [0.25, 0.3) is 5.91 Å². The molecule has 4 nitrogen and oxygen atoms in total. The summed E-state index contributed by atoms with van der Waals surface area (Å²) in [6.45, 7) is 0.400. The van der Waals surface area contributed by atoms with Gasteiger partial charge in [-0.25, -0.2) is 4.99 Å². The Balaban J connectivity index is 1.41. The Kier molecular flexibility index (Phi) is 5.98. The highest BCUT2D eigenvalue weighted by atomic mass is 35.5. The summed E-state index contributed by atoms with van der Waals surface area (Å²) in [5.41, 5.74) is 2.65. The third-order valence-corrected chi connectivity index (χ3v) is 5.45. The molecule has 144 valence electrons. The minimum atomic E-state index is -0.149. The molecule has 1 fully saturated rings. The Morgan fingerprint density at radius 3 is 2.45 bits per heavy atom. The fraction of sp³-hybridized carbons (Fsp3) is 0.0435. The average molecular weight is 421 g/mol. The van der Waals surface area contributed by atoms with Crippen molar-refractivity contribution in [2.24, 2.45) is 4.99 Å². The Morgan fingerprint density at radius 1 is 0.966 bits per heavy atom. The zero-order valence-electron chi connectivity index (χ0n) is 15.3. The normalized spacial score (nSPS) is 16.2. The van der Waals surface area contributed by atoms with E-state index in [4.69, 9.17) is 16.3 Å². The van der Waals surface area contributed by atoms with Crippen LogP contribution in [0.3, 0.4) is 0 Å². The van der Waals surface area contributed by atoms with E-state index in [0.29, 0.717) is 21.7 Å². The Labute approximate surface area is 178 Å². The number of amidine groups is 1. The number of amides is 1. The van der Waals surface area contributed by atoms with Crippen LogP contribution in [0, 0.1) is 0 Å². The first-order valence-corrected chi connectivity index (χ1v) is 10.2. The van der Waals surface area contributed by atoms with Crippen LogP contribution in [0.15, 0.2) is 88.8 Å². The molecule has 4 rings (SSSR count). The number of thioether (sulfide) groups is 1. The fourth-order valence-electron chi connectivity index (χ4n) is 2.69. The van der Waals surface area contributed by atoms with E-state index < -0.39 is 0 Å². The number of hydrogen-bond donors (Lipinski definition) is 1. The Bertz CT molecular complexity index is 1080. The highest BCUT2D eigenvalue weighted by molar-refractivity contribution is 8.18. The lowest BCUT2D eigenvalue weighted by Crippen LogP contribution is -2.19. The number of rotatable bonds is 5. The van der Waals surface area contributed by atoms with Crippen LogP contribution in [0.4, 0.5) is 5.69 Å². The van der Waals surface area contributed by atoms with Gasteiger partial charge in [-0.05, 0) is 53.7 Å². The summed E-state index contributed by atoms with van der Waals surface area (Å²) in [6.07, 6.45) is 1.84. The van der Waals surface area contributed by atoms with Crippen LogP contribution >= 0.6 is 23.4 Å². The van der Waals surface area contributed by atoms with Gasteiger partial charge < -0.3 is 10.1 Å². The monoisotopic (exact) mass is 420 g/mol. The van der Waals surface area contributed by atoms with Gasteiger partial charge in [0.05, 0.1) is 10.6 Å². The number of para-hydroxylation sites is 1. The minimum absolute atomic E-state index is 0.149. The van der Waals surface area contributed by atoms with Crippen LogP contribution < -0.4 is 10.1 Å². The lowest BCUT2D eigenvalue weighted by molar-refractivity contribution is -0.115. The van der Waals surface area contributed by atoms with Crippen molar-refractivity contribution < 1.29 is 9.53 Å². The predicted molar refractivity (Wildman–Crippen MR) is 119 cm³/mol. The third-order valence-electron chi connectivity index (χ3n) is 4.17. The van der Waals surface area contributed by atoms with Crippen LogP contribution in [0.5, 0.6) is 5.75 Å². The maximum Gasteiger partial charge on any atom is 0.264 e. The highest BCUT2D eigenvalue weighted by Crippen LogP contribution is 2.28. The zero-order chi connectivity index (χ0) is 20.1. The molecule has 1 saturated heterocycles. The molecule has 0 bridgehead atoms. The quantitative estimate of drug-likeness (QED) is 0.530. The first-order chi connectivity index (χ1) is 14.2. The summed E-state index contributed by atoms with van der Waals surface area (Å²) in [6, 6.07) is 24.7. The van der Waals surface area contributed by atoms with E-state index in [0.717, 1.165) is 22.6 Å². The summed E-state index contributed by atoms with van der Waals surface area (Å²) >= 11 is 7.48. The molecule has 1 N–H and O–H groups in total. The molecule has 0 saturated carbocycles. The summed E-state index contributed by atoms with van der Waals surface area (Å²) in [7, 11) is 0. The summed E-state index contributed by atoms with van der Waals surface area (Å²) in [5.74, 6) is 0.589. The van der Waals surface area contributed by atoms with Gasteiger partial charge in [0.15, 0.2) is 5.17 Å². The van der Waals surface area contributed by atoms with Gasteiger partial charge in [0.1, 0.15) is 12.4 Å². The molecule has 1 aliphatic rings. The minimum Gasteiger partial charge on any atom is -0.489 e. The van der Waals surface area contributed by atoms with Gasteiger partial charge in [-0.2, -0.15) is 0 Å². The van der Waals surface area contributed by atoms with Crippen molar-refractivity contribution in [1.29, 1.82) is 0 Å². The smallest absolute Gasteiger partial charge is 0.264 e. The van der Waals surface area contributed by atoms with E-state index >= 15 is 0 Å². The number of halogens is 1. The standard InChI is InChI=1S/C23H17ClN2O2S/c24-20-9-5-4-6-17(20)15-28-19-12-10-16(11-13-19)14-21-22(27)26-23(29-21)25-18-7-2-1-3-8-18/h1-14H,15H2,(H,25,26,27)/b21-14+. The van der Waals surface area contributed by atoms with Gasteiger partial charge >= 0.3 is 0 Å². The number of aliphatic imine (C=N–C) groups is 1. The van der Waals surface area contributed by atoms with Crippen LogP contribution in [-0.2, 0) is 11.4 Å². The van der Waals surface area contributed by atoms with E-state index in [9.17, 15) is 4.79 Å². The van der Waals surface area contributed by atoms with E-state index in [1.807, 2.05) is 84.9 Å². The topological polar surface area (TPSA) is 50.7 Å². The molecule has 0 unspecified atom stereocenters. The average Bonchev–Trinajstić information content (AvgIpc) is 3.08. The van der Waals surface area contributed by atoms with Crippen molar-refractivity contribution in [1.82, 2.24) is 5.32 Å². The molecule has 3 aromatic rings. The zero-order valence-corrected chi connectivity index (χ0v) is 16.9. The molecular weight excluding hydrogens is 404 g/mol. The maximum absolute atomic E-state index is 12.2. The molecule has 0 aliphatic carbocycles. The Hall–Kier alpha value is -3.02. The van der Waals surface area contributed by atoms with Crippen molar-refractivity contribution in [2.75, 3.05) is 0 Å².